The maximum absolute atomic E-state index is 5.33. The smallest absolute Gasteiger partial charge is 0.237 e. The lowest BCUT2D eigenvalue weighted by Crippen LogP contribution is -2.13. The number of hydrogen-bond acceptors (Lipinski definition) is 4. The molecule has 3 rings (SSSR count). The first-order valence-corrected chi connectivity index (χ1v) is 7.21. The van der Waals surface area contributed by atoms with E-state index >= 15 is 0 Å². The van der Waals surface area contributed by atoms with Crippen molar-refractivity contribution in [2.45, 2.75) is 18.9 Å². The molecule has 0 bridgehead atoms. The topological polar surface area (TPSA) is 43.4 Å². The fourth-order valence-corrected chi connectivity index (χ4v) is 2.55. The van der Waals surface area contributed by atoms with Crippen molar-refractivity contribution in [2.75, 3.05) is 19.5 Å². The Kier molecular flexibility index (Phi) is 3.95. The van der Waals surface area contributed by atoms with Gasteiger partial charge in [-0.15, -0.1) is 0 Å². The van der Waals surface area contributed by atoms with Gasteiger partial charge in [-0.1, -0.05) is 12.1 Å². The van der Waals surface area contributed by atoms with Gasteiger partial charge in [-0.2, -0.15) is 0 Å². The van der Waals surface area contributed by atoms with Crippen molar-refractivity contribution in [1.82, 2.24) is 4.98 Å². The summed E-state index contributed by atoms with van der Waals surface area (Å²) in [5.74, 6) is 2.19. The van der Waals surface area contributed by atoms with E-state index in [0.717, 1.165) is 11.4 Å². The second-order valence-electron chi connectivity index (χ2n) is 5.29. The Morgan fingerprint density at radius 3 is 2.48 bits per heavy atom. The lowest BCUT2D eigenvalue weighted by Gasteiger charge is -2.21. The van der Waals surface area contributed by atoms with Crippen LogP contribution in [-0.2, 0) is 0 Å². The van der Waals surface area contributed by atoms with Gasteiger partial charge in [0.05, 0.1) is 25.9 Å². The molecule has 1 atom stereocenters. The van der Waals surface area contributed by atoms with Crippen molar-refractivity contribution in [2.24, 2.45) is 5.92 Å². The number of aromatic nitrogens is 1. The summed E-state index contributed by atoms with van der Waals surface area (Å²) in [6.45, 7) is 0. The molecule has 1 aliphatic carbocycles. The number of rotatable bonds is 6. The van der Waals surface area contributed by atoms with Gasteiger partial charge >= 0.3 is 0 Å². The van der Waals surface area contributed by atoms with Crippen molar-refractivity contribution in [3.8, 4) is 11.6 Å². The molecule has 1 heterocycles. The van der Waals surface area contributed by atoms with Crippen LogP contribution >= 0.6 is 0 Å². The summed E-state index contributed by atoms with van der Waals surface area (Å²) in [6.07, 6.45) is 4.25. The molecule has 0 radical (unpaired) electrons. The Balaban J connectivity index is 1.84. The molecule has 0 aliphatic heterocycles. The molecule has 1 aromatic heterocycles. The molecule has 4 nitrogen and oxygen atoms in total. The third kappa shape index (κ3) is 3.10. The maximum Gasteiger partial charge on any atom is 0.237 e. The summed E-state index contributed by atoms with van der Waals surface area (Å²) >= 11 is 0. The number of benzene rings is 1. The van der Waals surface area contributed by atoms with Gasteiger partial charge in [0.25, 0.3) is 0 Å². The van der Waals surface area contributed by atoms with Crippen LogP contribution in [0.25, 0.3) is 0 Å². The van der Waals surface area contributed by atoms with Crippen LogP contribution in [0.1, 0.15) is 24.4 Å². The minimum atomic E-state index is 0.286. The first-order valence-electron chi connectivity index (χ1n) is 7.21. The van der Waals surface area contributed by atoms with Crippen LogP contribution < -0.4 is 14.8 Å². The van der Waals surface area contributed by atoms with Crippen LogP contribution in [-0.4, -0.2) is 19.2 Å². The standard InChI is InChI=1S/C17H20N2O2/c1-20-14-9-7-13(8-10-14)16(12-5-6-12)19-15-4-3-11-18-17(15)21-2/h3-4,7-12,16,19H,5-6H2,1-2H3. The minimum Gasteiger partial charge on any atom is -0.497 e. The Hall–Kier alpha value is -2.23. The van der Waals surface area contributed by atoms with Gasteiger partial charge in [0.2, 0.25) is 5.88 Å². The van der Waals surface area contributed by atoms with Crippen molar-refractivity contribution < 1.29 is 9.47 Å². The number of anilines is 1. The Morgan fingerprint density at radius 1 is 1.10 bits per heavy atom. The van der Waals surface area contributed by atoms with Crippen LogP contribution in [0.15, 0.2) is 42.6 Å². The molecular formula is C17H20N2O2. The van der Waals surface area contributed by atoms with Crippen molar-refractivity contribution in [3.05, 3.63) is 48.2 Å². The SMILES string of the molecule is COc1ccc(C(Nc2cccnc2OC)C2CC2)cc1. The number of hydrogen-bond donors (Lipinski definition) is 1. The van der Waals surface area contributed by atoms with Gasteiger partial charge in [-0.25, -0.2) is 4.98 Å². The second-order valence-corrected chi connectivity index (χ2v) is 5.29. The normalized spacial score (nSPS) is 15.3. The largest absolute Gasteiger partial charge is 0.497 e. The Labute approximate surface area is 125 Å². The van der Waals surface area contributed by atoms with Crippen LogP contribution in [0.3, 0.4) is 0 Å². The Bertz CT molecular complexity index is 594. The van der Waals surface area contributed by atoms with Gasteiger partial charge in [0.15, 0.2) is 0 Å². The highest BCUT2D eigenvalue weighted by molar-refractivity contribution is 5.54. The molecular weight excluding hydrogens is 264 g/mol. The predicted molar refractivity (Wildman–Crippen MR) is 82.9 cm³/mol. The molecule has 1 aliphatic rings. The average molecular weight is 284 g/mol. The van der Waals surface area contributed by atoms with E-state index in [9.17, 15) is 0 Å². The molecule has 4 heteroatoms. The Morgan fingerprint density at radius 2 is 1.86 bits per heavy atom. The number of pyridine rings is 1. The molecule has 1 saturated carbocycles. The van der Waals surface area contributed by atoms with Crippen molar-refractivity contribution in [1.29, 1.82) is 0 Å². The molecule has 0 spiro atoms. The lowest BCUT2D eigenvalue weighted by molar-refractivity contribution is 0.399. The average Bonchev–Trinajstić information content (AvgIpc) is 3.38. The molecule has 0 saturated heterocycles. The number of nitrogens with zero attached hydrogens (tertiary/aromatic N) is 1. The molecule has 0 amide bonds. The third-order valence-corrected chi connectivity index (χ3v) is 3.84. The van der Waals surface area contributed by atoms with Gasteiger partial charge in [-0.05, 0) is 48.6 Å². The summed E-state index contributed by atoms with van der Waals surface area (Å²) in [4.78, 5) is 4.25. The summed E-state index contributed by atoms with van der Waals surface area (Å²) in [6, 6.07) is 12.5. The zero-order valence-corrected chi connectivity index (χ0v) is 12.4. The maximum atomic E-state index is 5.33. The summed E-state index contributed by atoms with van der Waals surface area (Å²) in [5, 5.41) is 3.59. The number of ether oxygens (including phenoxy) is 2. The molecule has 21 heavy (non-hydrogen) atoms. The molecule has 110 valence electrons. The van der Waals surface area contributed by atoms with Gasteiger partial charge in [0, 0.05) is 6.20 Å². The van der Waals surface area contributed by atoms with Crippen LogP contribution in [0.4, 0.5) is 5.69 Å². The van der Waals surface area contributed by atoms with Crippen molar-refractivity contribution in [3.63, 3.8) is 0 Å². The molecule has 1 unspecified atom stereocenters. The quantitative estimate of drug-likeness (QED) is 0.879. The van der Waals surface area contributed by atoms with Gasteiger partial charge < -0.3 is 14.8 Å². The monoisotopic (exact) mass is 284 g/mol. The summed E-state index contributed by atoms with van der Waals surface area (Å²) in [5.41, 5.74) is 2.21. The van der Waals surface area contributed by atoms with E-state index in [1.165, 1.54) is 18.4 Å². The van der Waals surface area contributed by atoms with E-state index < -0.39 is 0 Å². The van der Waals surface area contributed by atoms with Gasteiger partial charge in [-0.3, -0.25) is 0 Å². The summed E-state index contributed by atoms with van der Waals surface area (Å²) in [7, 11) is 3.33. The highest BCUT2D eigenvalue weighted by Gasteiger charge is 2.32. The first-order chi connectivity index (χ1) is 10.3. The third-order valence-electron chi connectivity index (χ3n) is 3.84. The lowest BCUT2D eigenvalue weighted by atomic mass is 10.0. The van der Waals surface area contributed by atoms with E-state index in [4.69, 9.17) is 9.47 Å². The van der Waals surface area contributed by atoms with E-state index in [2.05, 4.69) is 22.4 Å². The number of methoxy groups -OCH3 is 2. The molecule has 1 fully saturated rings. The first kappa shape index (κ1) is 13.7. The molecule has 1 N–H and O–H groups in total. The number of nitrogens with one attached hydrogen (secondary N) is 1. The summed E-state index contributed by atoms with van der Waals surface area (Å²) < 4.78 is 10.6. The molecule has 2 aromatic rings. The van der Waals surface area contributed by atoms with Crippen LogP contribution in [0.2, 0.25) is 0 Å². The van der Waals surface area contributed by atoms with Crippen LogP contribution in [0, 0.1) is 5.92 Å². The van der Waals surface area contributed by atoms with Gasteiger partial charge in [0.1, 0.15) is 5.75 Å². The zero-order chi connectivity index (χ0) is 14.7. The van der Waals surface area contributed by atoms with E-state index in [1.807, 2.05) is 24.3 Å². The van der Waals surface area contributed by atoms with Crippen LogP contribution in [0.5, 0.6) is 11.6 Å². The second kappa shape index (κ2) is 6.04. The fraction of sp³-hybridized carbons (Fsp3) is 0.353. The van der Waals surface area contributed by atoms with Crippen molar-refractivity contribution >= 4 is 5.69 Å². The predicted octanol–water partition coefficient (Wildman–Crippen LogP) is 3.66. The van der Waals surface area contributed by atoms with E-state index in [0.29, 0.717) is 11.8 Å². The molecule has 1 aromatic carbocycles. The minimum absolute atomic E-state index is 0.286. The highest BCUT2D eigenvalue weighted by Crippen LogP contribution is 2.43. The highest BCUT2D eigenvalue weighted by atomic mass is 16.5. The fourth-order valence-electron chi connectivity index (χ4n) is 2.55. The zero-order valence-electron chi connectivity index (χ0n) is 12.4. The van der Waals surface area contributed by atoms with E-state index in [-0.39, 0.29) is 6.04 Å². The van der Waals surface area contributed by atoms with E-state index in [1.54, 1.807) is 20.4 Å².